The summed E-state index contributed by atoms with van der Waals surface area (Å²) < 4.78 is 2.09. The number of allylic oxidation sites excluding steroid dienone is 4. The fraction of sp³-hybridized carbons (Fsp3) is 0.417. The zero-order valence-corrected chi connectivity index (χ0v) is 36.4. The number of carbonyl (C=O) groups excluding carboxylic acids is 1. The molecule has 4 aromatic rings. The first-order valence-corrected chi connectivity index (χ1v) is 22.1. The average Bonchev–Trinajstić information content (AvgIpc) is 3.80. The number of halogens is 3. The van der Waals surface area contributed by atoms with Crippen LogP contribution in [0.15, 0.2) is 113 Å². The van der Waals surface area contributed by atoms with Crippen LogP contribution in [-0.4, -0.2) is 45.4 Å². The van der Waals surface area contributed by atoms with E-state index in [9.17, 15) is 9.90 Å². The van der Waals surface area contributed by atoms with E-state index in [-0.39, 0.29) is 17.1 Å². The molecule has 2 saturated carbocycles. The first-order valence-electron chi connectivity index (χ1n) is 20.1. The molecule has 8 rings (SSSR count). The summed E-state index contributed by atoms with van der Waals surface area (Å²) in [6, 6.07) is 22.6. The second-order valence-corrected chi connectivity index (χ2v) is 19.0. The van der Waals surface area contributed by atoms with Gasteiger partial charge in [-0.2, -0.15) is 0 Å². The van der Waals surface area contributed by atoms with Crippen LogP contribution in [0.25, 0.3) is 0 Å². The van der Waals surface area contributed by atoms with Crippen LogP contribution in [0.5, 0.6) is 0 Å². The fourth-order valence-corrected chi connectivity index (χ4v) is 11.9. The van der Waals surface area contributed by atoms with Crippen molar-refractivity contribution in [2.45, 2.75) is 99.8 Å². The molecule has 5 nitrogen and oxygen atoms in total. The van der Waals surface area contributed by atoms with E-state index in [0.717, 1.165) is 67.8 Å². The topological polar surface area (TPSA) is 58.4 Å². The van der Waals surface area contributed by atoms with Crippen LogP contribution in [0, 0.1) is 29.1 Å². The number of aromatic nitrogens is 2. The van der Waals surface area contributed by atoms with Crippen LogP contribution in [0.2, 0.25) is 15.1 Å². The molecule has 9 heteroatoms. The molecule has 0 bridgehead atoms. The van der Waals surface area contributed by atoms with Crippen LogP contribution < -0.4 is 4.90 Å². The number of nitrogens with zero attached hydrogens (tertiary/aromatic N) is 3. The van der Waals surface area contributed by atoms with Crippen molar-refractivity contribution in [3.8, 4) is 11.8 Å². The number of hydrogen-bond donors (Lipinski definition) is 1. The van der Waals surface area contributed by atoms with Crippen molar-refractivity contribution in [3.05, 3.63) is 134 Å². The van der Waals surface area contributed by atoms with Gasteiger partial charge in [-0.3, -0.25) is 4.79 Å². The Bertz CT molecular complexity index is 2170. The van der Waals surface area contributed by atoms with Gasteiger partial charge in [-0.15, -0.1) is 17.7 Å². The van der Waals surface area contributed by atoms with Gasteiger partial charge in [0.1, 0.15) is 5.60 Å². The molecule has 0 spiro atoms. The average molecular weight is 841 g/mol. The Labute approximate surface area is 357 Å². The highest BCUT2D eigenvalue weighted by Gasteiger charge is 2.62. The van der Waals surface area contributed by atoms with Gasteiger partial charge >= 0.3 is 0 Å². The van der Waals surface area contributed by atoms with Crippen molar-refractivity contribution in [3.63, 3.8) is 0 Å². The smallest absolute Gasteiger partial charge is 0.156 e. The number of aliphatic hydroxyl groups is 1. The number of imidazole rings is 1. The molecule has 1 N–H and O–H groups in total. The largest absolute Gasteiger partial charge is 0.378 e. The van der Waals surface area contributed by atoms with Crippen molar-refractivity contribution in [2.24, 2.45) is 17.3 Å². The first-order chi connectivity index (χ1) is 27.4. The SMILES string of the molecule is CC#C[C@]1(O)CC[C@H]2[C@@H]3CCC4=CC(=O)CCC4=C3[C@@H](c3ccc(N(C)C)cc3)C[C@@]21C.Clc1ccc(CCC(Cn2ccnc2)Sc2c(Cl)cccc2Cl)cc1. The fourth-order valence-electron chi connectivity index (χ4n) is 9.94. The minimum absolute atomic E-state index is 0.221. The van der Waals surface area contributed by atoms with Crippen molar-refractivity contribution >= 4 is 58.0 Å². The summed E-state index contributed by atoms with van der Waals surface area (Å²) in [6.07, 6.45) is 15.8. The van der Waals surface area contributed by atoms with Gasteiger partial charge in [-0.1, -0.05) is 83.6 Å². The Morgan fingerprint density at radius 2 is 1.74 bits per heavy atom. The molecule has 298 valence electrons. The lowest BCUT2D eigenvalue weighted by Crippen LogP contribution is -2.51. The lowest BCUT2D eigenvalue weighted by molar-refractivity contribution is -0.114. The number of thioether (sulfide) groups is 1. The molecule has 3 aromatic carbocycles. The Balaban J connectivity index is 0.000000180. The van der Waals surface area contributed by atoms with Crippen molar-refractivity contribution in [2.75, 3.05) is 19.0 Å². The predicted molar refractivity (Wildman–Crippen MR) is 238 cm³/mol. The minimum atomic E-state index is -0.914. The van der Waals surface area contributed by atoms with E-state index in [0.29, 0.717) is 33.6 Å². The molecule has 2 fully saturated rings. The van der Waals surface area contributed by atoms with Crippen LogP contribution >= 0.6 is 46.6 Å². The van der Waals surface area contributed by atoms with Crippen LogP contribution in [0.1, 0.15) is 82.3 Å². The number of hydrogen-bond acceptors (Lipinski definition) is 5. The lowest BCUT2D eigenvalue weighted by Gasteiger charge is -2.53. The summed E-state index contributed by atoms with van der Waals surface area (Å²) in [5, 5.41) is 14.2. The second-order valence-electron chi connectivity index (χ2n) is 16.5. The van der Waals surface area contributed by atoms with Crippen LogP contribution in [0.3, 0.4) is 0 Å². The molecule has 0 radical (unpaired) electrons. The molecule has 4 aliphatic carbocycles. The summed E-state index contributed by atoms with van der Waals surface area (Å²) in [6.45, 7) is 4.99. The van der Waals surface area contributed by atoms with Gasteiger partial charge in [0.25, 0.3) is 0 Å². The summed E-state index contributed by atoms with van der Waals surface area (Å²) >= 11 is 20.4. The van der Waals surface area contributed by atoms with Gasteiger partial charge < -0.3 is 14.6 Å². The molecular formula is C48H52Cl3N3O2S. The highest BCUT2D eigenvalue weighted by molar-refractivity contribution is 8.00. The van der Waals surface area contributed by atoms with E-state index in [2.05, 4.69) is 83.7 Å². The summed E-state index contributed by atoms with van der Waals surface area (Å²) in [5.74, 6) is 7.76. The molecule has 0 aliphatic heterocycles. The Morgan fingerprint density at radius 3 is 2.40 bits per heavy atom. The van der Waals surface area contributed by atoms with Gasteiger partial charge in [0, 0.05) is 71.6 Å². The Morgan fingerprint density at radius 1 is 1.00 bits per heavy atom. The summed E-state index contributed by atoms with van der Waals surface area (Å²) in [7, 11) is 4.14. The quantitative estimate of drug-likeness (QED) is 0.134. The maximum atomic E-state index is 12.2. The Kier molecular flexibility index (Phi) is 13.0. The number of carbonyl (C=O) groups is 1. The second kappa shape index (κ2) is 17.8. The molecule has 0 saturated heterocycles. The molecule has 1 aromatic heterocycles. The van der Waals surface area contributed by atoms with E-state index in [1.165, 1.54) is 28.0 Å². The molecule has 4 aliphatic rings. The molecule has 1 unspecified atom stereocenters. The van der Waals surface area contributed by atoms with Crippen molar-refractivity contribution in [1.29, 1.82) is 0 Å². The van der Waals surface area contributed by atoms with Gasteiger partial charge in [0.15, 0.2) is 5.78 Å². The van der Waals surface area contributed by atoms with Crippen LogP contribution in [0.4, 0.5) is 5.69 Å². The van der Waals surface area contributed by atoms with Gasteiger partial charge in [-0.05, 0) is 135 Å². The standard InChI is InChI=1S/C29H35NO2.C19H17Cl3N2S/c1-5-15-29(32)16-14-26-24-12-8-20-17-22(31)11-13-23(20)27(24)25(18-28(26,29)2)19-6-9-21(10-7-19)30(3)4;20-15-7-4-14(5-8-15)6-9-16(12-24-11-10-23-13-24)25-19-17(21)2-1-3-18(19)22/h6-7,9-10,17,24-26,32H,8,11-14,16,18H2,1-4H3;1-5,7-8,10-11,13,16H,6,9,12H2/t24-,25+,26-,28-,29-;/m0./s1. The number of ketones is 1. The molecular weight excluding hydrogens is 789 g/mol. The van der Waals surface area contributed by atoms with Crippen molar-refractivity contribution < 1.29 is 9.90 Å². The number of rotatable bonds is 9. The summed E-state index contributed by atoms with van der Waals surface area (Å²) in [5.41, 5.74) is 6.98. The maximum Gasteiger partial charge on any atom is 0.156 e. The number of anilines is 1. The lowest BCUT2D eigenvalue weighted by atomic mass is 9.51. The monoisotopic (exact) mass is 839 g/mol. The van der Waals surface area contributed by atoms with Gasteiger partial charge in [0.2, 0.25) is 0 Å². The Hall–Kier alpha value is -3.44. The predicted octanol–water partition coefficient (Wildman–Crippen LogP) is 12.0. The van der Waals surface area contributed by atoms with E-state index >= 15 is 0 Å². The third-order valence-corrected chi connectivity index (χ3v) is 15.4. The first kappa shape index (κ1) is 41.7. The molecule has 1 heterocycles. The van der Waals surface area contributed by atoms with Crippen molar-refractivity contribution in [1.82, 2.24) is 9.55 Å². The third-order valence-electron chi connectivity index (χ3n) is 12.9. The zero-order valence-electron chi connectivity index (χ0n) is 33.3. The highest BCUT2D eigenvalue weighted by Crippen LogP contribution is 2.66. The maximum absolute atomic E-state index is 12.2. The number of benzene rings is 3. The van der Waals surface area contributed by atoms with E-state index in [4.69, 9.17) is 34.8 Å². The molecule has 57 heavy (non-hydrogen) atoms. The van der Waals surface area contributed by atoms with E-state index in [1.54, 1.807) is 23.5 Å². The number of aryl methyl sites for hydroxylation is 1. The minimum Gasteiger partial charge on any atom is -0.378 e. The normalized spacial score (nSPS) is 25.5. The summed E-state index contributed by atoms with van der Waals surface area (Å²) in [4.78, 5) is 19.4. The van der Waals surface area contributed by atoms with E-state index in [1.807, 2.05) is 55.9 Å². The van der Waals surface area contributed by atoms with Gasteiger partial charge in [0.05, 0.1) is 16.4 Å². The zero-order chi connectivity index (χ0) is 40.3. The van der Waals surface area contributed by atoms with Gasteiger partial charge in [-0.25, -0.2) is 4.98 Å². The number of fused-ring (bicyclic) bond motifs is 4. The van der Waals surface area contributed by atoms with E-state index < -0.39 is 5.60 Å². The highest BCUT2D eigenvalue weighted by atomic mass is 35.5. The molecule has 0 amide bonds. The third kappa shape index (κ3) is 8.94. The molecule has 6 atom stereocenters. The van der Waals surface area contributed by atoms with Crippen LogP contribution in [-0.2, 0) is 17.8 Å².